The molecule has 3 aromatic rings. The van der Waals surface area contributed by atoms with Crippen LogP contribution in [0.25, 0.3) is 0 Å². The molecule has 38 heavy (non-hydrogen) atoms. The maximum absolute atomic E-state index is 13.7. The molecule has 0 aromatic heterocycles. The lowest BCUT2D eigenvalue weighted by Gasteiger charge is -2.24. The summed E-state index contributed by atoms with van der Waals surface area (Å²) in [5.41, 5.74) is 3.25. The fourth-order valence-corrected chi connectivity index (χ4v) is 4.88. The predicted octanol–water partition coefficient (Wildman–Crippen LogP) is 3.08. The minimum Gasteiger partial charge on any atom is -0.497 e. The van der Waals surface area contributed by atoms with E-state index in [-0.39, 0.29) is 16.3 Å². The number of anilines is 1. The maximum atomic E-state index is 13.7. The number of rotatable bonds is 12. The van der Waals surface area contributed by atoms with Gasteiger partial charge < -0.3 is 23.7 Å². The van der Waals surface area contributed by atoms with Gasteiger partial charge in [0.15, 0.2) is 23.0 Å². The number of amides is 1. The summed E-state index contributed by atoms with van der Waals surface area (Å²) >= 11 is 0. The SMILES string of the molecule is COc1ccc(N(CC(=O)NN=Cc2ccc(OC)c(OC)c2)S(=O)(=O)c2ccc(OC)c(OC)c2)cc1. The van der Waals surface area contributed by atoms with Gasteiger partial charge in [-0.05, 0) is 60.2 Å². The number of hydrogen-bond donors (Lipinski definition) is 1. The highest BCUT2D eigenvalue weighted by atomic mass is 32.2. The Hall–Kier alpha value is -4.45. The van der Waals surface area contributed by atoms with Crippen LogP contribution >= 0.6 is 0 Å². The van der Waals surface area contributed by atoms with Crippen molar-refractivity contribution >= 4 is 27.8 Å². The quantitative estimate of drug-likeness (QED) is 0.273. The highest BCUT2D eigenvalue weighted by molar-refractivity contribution is 7.92. The van der Waals surface area contributed by atoms with Crippen LogP contribution in [0.15, 0.2) is 70.7 Å². The average Bonchev–Trinajstić information content (AvgIpc) is 2.95. The van der Waals surface area contributed by atoms with Gasteiger partial charge in [-0.25, -0.2) is 13.8 Å². The van der Waals surface area contributed by atoms with Gasteiger partial charge in [0.05, 0.1) is 52.3 Å². The predicted molar refractivity (Wildman–Crippen MR) is 142 cm³/mol. The molecule has 202 valence electrons. The fourth-order valence-electron chi connectivity index (χ4n) is 3.45. The Morgan fingerprint density at radius 3 is 1.95 bits per heavy atom. The Morgan fingerprint density at radius 2 is 1.37 bits per heavy atom. The lowest BCUT2D eigenvalue weighted by Crippen LogP contribution is -2.39. The second-order valence-corrected chi connectivity index (χ2v) is 9.50. The van der Waals surface area contributed by atoms with Gasteiger partial charge in [0.1, 0.15) is 12.3 Å². The summed E-state index contributed by atoms with van der Waals surface area (Å²) in [6, 6.07) is 15.6. The molecule has 0 saturated carbocycles. The van der Waals surface area contributed by atoms with Gasteiger partial charge in [-0.15, -0.1) is 0 Å². The van der Waals surface area contributed by atoms with Crippen molar-refractivity contribution in [3.63, 3.8) is 0 Å². The van der Waals surface area contributed by atoms with E-state index in [2.05, 4.69) is 10.5 Å². The molecule has 0 aliphatic carbocycles. The zero-order valence-electron chi connectivity index (χ0n) is 21.6. The topological polar surface area (TPSA) is 125 Å². The van der Waals surface area contributed by atoms with Crippen LogP contribution in [0.2, 0.25) is 0 Å². The average molecular weight is 544 g/mol. The van der Waals surface area contributed by atoms with E-state index >= 15 is 0 Å². The molecule has 12 heteroatoms. The second kappa shape index (κ2) is 12.7. The second-order valence-electron chi connectivity index (χ2n) is 7.63. The first-order valence-corrected chi connectivity index (χ1v) is 12.6. The Labute approximate surface area is 221 Å². The van der Waals surface area contributed by atoms with Crippen molar-refractivity contribution in [1.29, 1.82) is 0 Å². The zero-order chi connectivity index (χ0) is 27.7. The molecular formula is C26H29N3O8S. The van der Waals surface area contributed by atoms with E-state index in [4.69, 9.17) is 23.7 Å². The van der Waals surface area contributed by atoms with Gasteiger partial charge in [0.25, 0.3) is 15.9 Å². The van der Waals surface area contributed by atoms with Crippen LogP contribution < -0.4 is 33.4 Å². The van der Waals surface area contributed by atoms with Gasteiger partial charge in [-0.1, -0.05) is 0 Å². The number of ether oxygens (including phenoxy) is 5. The van der Waals surface area contributed by atoms with Gasteiger partial charge in [-0.2, -0.15) is 5.10 Å². The third-order valence-corrected chi connectivity index (χ3v) is 7.17. The van der Waals surface area contributed by atoms with Gasteiger partial charge in [0.2, 0.25) is 0 Å². The molecule has 1 N–H and O–H groups in total. The number of nitrogens with one attached hydrogen (secondary N) is 1. The number of hydrogen-bond acceptors (Lipinski definition) is 9. The fraction of sp³-hybridized carbons (Fsp3) is 0.231. The molecule has 0 aliphatic rings. The lowest BCUT2D eigenvalue weighted by atomic mass is 10.2. The lowest BCUT2D eigenvalue weighted by molar-refractivity contribution is -0.119. The molecule has 0 spiro atoms. The van der Waals surface area contributed by atoms with Crippen LogP contribution in [0, 0.1) is 0 Å². The number of carbonyl (C=O) groups is 1. The summed E-state index contributed by atoms with van der Waals surface area (Å²) in [5, 5.41) is 3.95. The Kier molecular flexibility index (Phi) is 9.39. The van der Waals surface area contributed by atoms with E-state index in [0.717, 1.165) is 4.31 Å². The smallest absolute Gasteiger partial charge is 0.264 e. The van der Waals surface area contributed by atoms with Crippen molar-refractivity contribution in [3.8, 4) is 28.7 Å². The van der Waals surface area contributed by atoms with Crippen LogP contribution in [-0.4, -0.2) is 62.6 Å². The molecule has 11 nitrogen and oxygen atoms in total. The molecule has 3 aromatic carbocycles. The molecule has 0 atom stereocenters. The first-order chi connectivity index (χ1) is 18.3. The van der Waals surface area contributed by atoms with Crippen molar-refractivity contribution in [2.75, 3.05) is 46.4 Å². The Bertz CT molecular complexity index is 1390. The summed E-state index contributed by atoms with van der Waals surface area (Å²) in [6.07, 6.45) is 1.40. The third kappa shape index (κ3) is 6.45. The summed E-state index contributed by atoms with van der Waals surface area (Å²) in [6.45, 7) is -0.549. The van der Waals surface area contributed by atoms with E-state index in [0.29, 0.717) is 28.6 Å². The van der Waals surface area contributed by atoms with Gasteiger partial charge >= 0.3 is 0 Å². The number of nitrogens with zero attached hydrogens (tertiary/aromatic N) is 2. The third-order valence-electron chi connectivity index (χ3n) is 5.40. The molecule has 0 bridgehead atoms. The van der Waals surface area contributed by atoms with E-state index in [1.54, 1.807) is 30.3 Å². The number of methoxy groups -OCH3 is 5. The van der Waals surface area contributed by atoms with Crippen molar-refractivity contribution < 1.29 is 36.9 Å². The molecular weight excluding hydrogens is 514 g/mol. The van der Waals surface area contributed by atoms with Crippen molar-refractivity contribution in [1.82, 2.24) is 5.43 Å². The molecule has 0 saturated heterocycles. The first-order valence-electron chi connectivity index (χ1n) is 11.2. The molecule has 0 radical (unpaired) electrons. The van der Waals surface area contributed by atoms with Crippen molar-refractivity contribution in [2.24, 2.45) is 5.10 Å². The van der Waals surface area contributed by atoms with Crippen LogP contribution in [0.5, 0.6) is 28.7 Å². The molecule has 3 rings (SSSR count). The van der Waals surface area contributed by atoms with Crippen LogP contribution in [0.4, 0.5) is 5.69 Å². The minimum atomic E-state index is -4.21. The van der Waals surface area contributed by atoms with E-state index < -0.39 is 22.5 Å². The normalized spacial score (nSPS) is 11.1. The molecule has 0 fully saturated rings. The number of hydrazone groups is 1. The first kappa shape index (κ1) is 28.1. The Morgan fingerprint density at radius 1 is 0.789 bits per heavy atom. The van der Waals surface area contributed by atoms with Crippen LogP contribution in [0.1, 0.15) is 5.56 Å². The standard InChI is InChI=1S/C26H29N3O8S/c1-33-20-9-7-19(8-10-20)29(38(31,32)21-11-13-23(35-3)25(15-21)37-5)17-26(30)28-27-16-18-6-12-22(34-2)24(14-18)36-4/h6-16H,17H2,1-5H3,(H,28,30). The largest absolute Gasteiger partial charge is 0.497 e. The summed E-state index contributed by atoms with van der Waals surface area (Å²) in [5.74, 6) is 1.50. The van der Waals surface area contributed by atoms with E-state index in [9.17, 15) is 13.2 Å². The summed E-state index contributed by atoms with van der Waals surface area (Å²) < 4.78 is 54.4. The van der Waals surface area contributed by atoms with Gasteiger partial charge in [-0.3, -0.25) is 9.10 Å². The molecule has 1 amide bonds. The molecule has 0 heterocycles. The maximum Gasteiger partial charge on any atom is 0.264 e. The minimum absolute atomic E-state index is 0.0902. The number of sulfonamides is 1. The van der Waals surface area contributed by atoms with Crippen molar-refractivity contribution in [3.05, 3.63) is 66.2 Å². The highest BCUT2D eigenvalue weighted by Gasteiger charge is 2.28. The Balaban J connectivity index is 1.88. The summed E-state index contributed by atoms with van der Waals surface area (Å²) in [4.78, 5) is 12.7. The van der Waals surface area contributed by atoms with Crippen molar-refractivity contribution in [2.45, 2.75) is 4.90 Å². The van der Waals surface area contributed by atoms with E-state index in [1.165, 1.54) is 72.1 Å². The summed E-state index contributed by atoms with van der Waals surface area (Å²) in [7, 11) is 3.17. The molecule has 0 unspecified atom stereocenters. The zero-order valence-corrected chi connectivity index (χ0v) is 22.4. The van der Waals surface area contributed by atoms with Gasteiger partial charge in [0, 0.05) is 6.07 Å². The van der Waals surface area contributed by atoms with Crippen LogP contribution in [0.3, 0.4) is 0 Å². The van der Waals surface area contributed by atoms with Crippen LogP contribution in [-0.2, 0) is 14.8 Å². The number of benzene rings is 3. The number of carbonyl (C=O) groups excluding carboxylic acids is 1. The monoisotopic (exact) mass is 543 g/mol. The molecule has 0 aliphatic heterocycles. The highest BCUT2D eigenvalue weighted by Crippen LogP contribution is 2.32. The van der Waals surface area contributed by atoms with E-state index in [1.807, 2.05) is 0 Å².